The van der Waals surface area contributed by atoms with Gasteiger partial charge in [0, 0.05) is 29.5 Å². The van der Waals surface area contributed by atoms with Crippen LogP contribution in [0.5, 0.6) is 0 Å². The zero-order valence-electron chi connectivity index (χ0n) is 17.9. The maximum absolute atomic E-state index is 13.1. The summed E-state index contributed by atoms with van der Waals surface area (Å²) in [6, 6.07) is 0.925. The first-order chi connectivity index (χ1) is 15.8. The highest BCUT2D eigenvalue weighted by molar-refractivity contribution is 7.99. The average Bonchev–Trinajstić information content (AvgIpc) is 3.12. The lowest BCUT2D eigenvalue weighted by Gasteiger charge is -2.25. The summed E-state index contributed by atoms with van der Waals surface area (Å²) in [6.45, 7) is 5.84. The first-order valence-electron chi connectivity index (χ1n) is 10.8. The molecular weight excluding hydrogens is 493 g/mol. The SMILES string of the molecule is C[C@H]1CCc2c(sc3nc(CN4CCOCC4)nc(Sc4ncc(C(F)(F)F)cc4Cl)c23)C1. The van der Waals surface area contributed by atoms with Crippen LogP contribution < -0.4 is 0 Å². The molecule has 1 aliphatic carbocycles. The molecule has 0 amide bonds. The molecule has 0 aromatic carbocycles. The molecule has 1 saturated heterocycles. The Labute approximate surface area is 202 Å². The molecule has 11 heteroatoms. The Morgan fingerprint density at radius 3 is 2.76 bits per heavy atom. The van der Waals surface area contributed by atoms with Gasteiger partial charge in [0.1, 0.15) is 20.7 Å². The van der Waals surface area contributed by atoms with Gasteiger partial charge >= 0.3 is 6.18 Å². The number of pyridine rings is 1. The second-order valence-electron chi connectivity index (χ2n) is 8.48. The van der Waals surface area contributed by atoms with Crippen LogP contribution in [0.4, 0.5) is 13.2 Å². The molecule has 5 nitrogen and oxygen atoms in total. The second kappa shape index (κ2) is 9.30. The van der Waals surface area contributed by atoms with E-state index in [1.165, 1.54) is 22.2 Å². The molecule has 4 heterocycles. The van der Waals surface area contributed by atoms with E-state index in [1.807, 2.05) is 0 Å². The maximum atomic E-state index is 13.1. The number of aryl methyl sites for hydroxylation is 1. The van der Waals surface area contributed by atoms with E-state index in [2.05, 4.69) is 16.8 Å². The Kier molecular flexibility index (Phi) is 6.56. The molecule has 33 heavy (non-hydrogen) atoms. The van der Waals surface area contributed by atoms with Gasteiger partial charge in [-0.05, 0) is 48.6 Å². The zero-order valence-corrected chi connectivity index (χ0v) is 20.3. The number of alkyl halides is 3. The molecule has 0 N–H and O–H groups in total. The van der Waals surface area contributed by atoms with E-state index >= 15 is 0 Å². The van der Waals surface area contributed by atoms with Crippen molar-refractivity contribution >= 4 is 44.9 Å². The summed E-state index contributed by atoms with van der Waals surface area (Å²) in [7, 11) is 0. The first-order valence-corrected chi connectivity index (χ1v) is 12.8. The molecule has 1 atom stereocenters. The molecule has 0 saturated carbocycles. The van der Waals surface area contributed by atoms with E-state index in [9.17, 15) is 13.2 Å². The largest absolute Gasteiger partial charge is 0.417 e. The third kappa shape index (κ3) is 5.00. The predicted molar refractivity (Wildman–Crippen MR) is 123 cm³/mol. The number of fused-ring (bicyclic) bond motifs is 3. The summed E-state index contributed by atoms with van der Waals surface area (Å²) in [6.07, 6.45) is -0.608. The van der Waals surface area contributed by atoms with Gasteiger partial charge in [0.2, 0.25) is 0 Å². The van der Waals surface area contributed by atoms with Crippen molar-refractivity contribution in [2.75, 3.05) is 26.3 Å². The maximum Gasteiger partial charge on any atom is 0.417 e. The van der Waals surface area contributed by atoms with E-state index < -0.39 is 11.7 Å². The highest BCUT2D eigenvalue weighted by Gasteiger charge is 2.32. The molecule has 176 valence electrons. The molecule has 0 spiro atoms. The Morgan fingerprint density at radius 2 is 2.03 bits per heavy atom. The Hall–Kier alpha value is -1.46. The minimum Gasteiger partial charge on any atom is -0.379 e. The molecule has 0 radical (unpaired) electrons. The van der Waals surface area contributed by atoms with Crippen LogP contribution in [0, 0.1) is 5.92 Å². The fraction of sp³-hybridized carbons (Fsp3) is 0.500. The van der Waals surface area contributed by atoms with Gasteiger partial charge in [0.15, 0.2) is 0 Å². The van der Waals surface area contributed by atoms with Crippen molar-refractivity contribution in [1.29, 1.82) is 0 Å². The van der Waals surface area contributed by atoms with Crippen LogP contribution >= 0.6 is 34.7 Å². The van der Waals surface area contributed by atoms with Crippen LogP contribution in [0.25, 0.3) is 10.2 Å². The molecule has 0 unspecified atom stereocenters. The first kappa shape index (κ1) is 23.3. The van der Waals surface area contributed by atoms with Crippen LogP contribution in [0.2, 0.25) is 5.02 Å². The van der Waals surface area contributed by atoms with Crippen molar-refractivity contribution in [3.63, 3.8) is 0 Å². The third-order valence-electron chi connectivity index (χ3n) is 5.97. The average molecular weight is 515 g/mol. The molecule has 3 aromatic heterocycles. The number of ether oxygens (including phenoxy) is 1. The van der Waals surface area contributed by atoms with Crippen LogP contribution in [-0.4, -0.2) is 46.2 Å². The van der Waals surface area contributed by atoms with Crippen LogP contribution in [0.3, 0.4) is 0 Å². The van der Waals surface area contributed by atoms with E-state index in [-0.39, 0.29) is 5.02 Å². The minimum atomic E-state index is -4.49. The summed E-state index contributed by atoms with van der Waals surface area (Å²) in [4.78, 5) is 18.3. The van der Waals surface area contributed by atoms with Crippen LogP contribution in [-0.2, 0) is 30.3 Å². The topological polar surface area (TPSA) is 51.1 Å². The van der Waals surface area contributed by atoms with Gasteiger partial charge in [-0.15, -0.1) is 11.3 Å². The number of morpholine rings is 1. The Bertz CT molecular complexity index is 1180. The molecular formula is C22H22ClF3N4OS2. The summed E-state index contributed by atoms with van der Waals surface area (Å²) < 4.78 is 44.6. The zero-order chi connectivity index (χ0) is 23.2. The molecule has 1 aliphatic heterocycles. The standard InChI is InChI=1S/C22H22ClF3N4OS2/c1-12-2-3-14-16(8-12)32-20-18(14)21(29-17(28-20)11-30-4-6-31-7-5-30)33-19-15(23)9-13(10-27-19)22(24,25)26/h9-10,12H,2-8,11H2,1H3/t12-/m0/s1. The van der Waals surface area contributed by atoms with Crippen LogP contribution in [0.15, 0.2) is 22.3 Å². The lowest BCUT2D eigenvalue weighted by Crippen LogP contribution is -2.36. The smallest absolute Gasteiger partial charge is 0.379 e. The van der Waals surface area contributed by atoms with Gasteiger partial charge in [-0.2, -0.15) is 13.2 Å². The Morgan fingerprint density at radius 1 is 1.24 bits per heavy atom. The number of hydrogen-bond donors (Lipinski definition) is 0. The molecule has 5 rings (SSSR count). The lowest BCUT2D eigenvalue weighted by molar-refractivity contribution is -0.137. The van der Waals surface area contributed by atoms with Crippen molar-refractivity contribution in [1.82, 2.24) is 19.9 Å². The van der Waals surface area contributed by atoms with Gasteiger partial charge < -0.3 is 4.74 Å². The van der Waals surface area contributed by atoms with Crippen molar-refractivity contribution in [3.05, 3.63) is 39.1 Å². The molecule has 2 aliphatic rings. The lowest BCUT2D eigenvalue weighted by atomic mass is 9.89. The van der Waals surface area contributed by atoms with Gasteiger partial charge in [-0.25, -0.2) is 15.0 Å². The summed E-state index contributed by atoms with van der Waals surface area (Å²) in [5.74, 6) is 1.31. The molecule has 1 fully saturated rings. The Balaban J connectivity index is 1.55. The van der Waals surface area contributed by atoms with Crippen molar-refractivity contribution < 1.29 is 17.9 Å². The monoisotopic (exact) mass is 514 g/mol. The van der Waals surface area contributed by atoms with E-state index in [4.69, 9.17) is 26.3 Å². The molecule has 0 bridgehead atoms. The van der Waals surface area contributed by atoms with E-state index in [1.54, 1.807) is 11.3 Å². The van der Waals surface area contributed by atoms with Gasteiger partial charge in [-0.3, -0.25) is 4.90 Å². The summed E-state index contributed by atoms with van der Waals surface area (Å²) >= 11 is 9.15. The van der Waals surface area contributed by atoms with E-state index in [0.717, 1.165) is 54.8 Å². The predicted octanol–water partition coefficient (Wildman–Crippen LogP) is 5.87. The highest BCUT2D eigenvalue weighted by Crippen LogP contribution is 2.44. The number of hydrogen-bond acceptors (Lipinski definition) is 7. The quantitative estimate of drug-likeness (QED) is 0.406. The number of aromatic nitrogens is 3. The number of nitrogens with zero attached hydrogens (tertiary/aromatic N) is 4. The number of rotatable bonds is 4. The summed E-state index contributed by atoms with van der Waals surface area (Å²) in [5, 5.41) is 1.99. The summed E-state index contributed by atoms with van der Waals surface area (Å²) in [5.41, 5.74) is 0.399. The van der Waals surface area contributed by atoms with Crippen molar-refractivity contribution in [2.45, 2.75) is 49.0 Å². The second-order valence-corrected chi connectivity index (χ2v) is 10.9. The minimum absolute atomic E-state index is 0.0333. The van der Waals surface area contributed by atoms with Crippen LogP contribution in [0.1, 0.15) is 35.2 Å². The van der Waals surface area contributed by atoms with E-state index in [0.29, 0.717) is 41.6 Å². The fourth-order valence-electron chi connectivity index (χ4n) is 4.20. The number of thiophene rings is 1. The normalized spacial score (nSPS) is 19.7. The third-order valence-corrected chi connectivity index (χ3v) is 8.52. The fourth-order valence-corrected chi connectivity index (χ4v) is 6.87. The van der Waals surface area contributed by atoms with Crippen molar-refractivity contribution in [3.8, 4) is 0 Å². The van der Waals surface area contributed by atoms with Crippen molar-refractivity contribution in [2.24, 2.45) is 5.92 Å². The molecule has 3 aromatic rings. The van der Waals surface area contributed by atoms with Gasteiger partial charge in [0.05, 0.1) is 30.3 Å². The van der Waals surface area contributed by atoms with Gasteiger partial charge in [-0.1, -0.05) is 18.5 Å². The number of halogens is 4. The van der Waals surface area contributed by atoms with Gasteiger partial charge in [0.25, 0.3) is 0 Å². The highest BCUT2D eigenvalue weighted by atomic mass is 35.5.